The lowest BCUT2D eigenvalue weighted by Gasteiger charge is -2.35. The van der Waals surface area contributed by atoms with Crippen molar-refractivity contribution >= 4 is 5.97 Å². The molecule has 3 rings (SSSR count). The maximum absolute atomic E-state index is 12.1. The van der Waals surface area contributed by atoms with Crippen molar-refractivity contribution < 1.29 is 23.1 Å². The van der Waals surface area contributed by atoms with Gasteiger partial charge in [-0.2, -0.15) is 13.2 Å². The maximum Gasteiger partial charge on any atom is 0.391 e. The molecule has 0 unspecified atom stereocenters. The van der Waals surface area contributed by atoms with Gasteiger partial charge in [-0.05, 0) is 56.3 Å². The van der Waals surface area contributed by atoms with Gasteiger partial charge >= 0.3 is 12.1 Å². The van der Waals surface area contributed by atoms with Crippen molar-refractivity contribution in [3.05, 3.63) is 0 Å². The SMILES string of the molecule is CCCC1CCC(C2CCCCC2)CC1.O=C(O)[C@H]1CC[C@H](C(F)(F)F)CC1. The topological polar surface area (TPSA) is 37.3 Å². The molecule has 0 amide bonds. The highest BCUT2D eigenvalue weighted by atomic mass is 19.4. The van der Waals surface area contributed by atoms with Gasteiger partial charge in [-0.25, -0.2) is 0 Å². The van der Waals surface area contributed by atoms with E-state index in [1.165, 1.54) is 32.1 Å². The molecule has 0 aromatic rings. The number of halogens is 3. The molecule has 164 valence electrons. The van der Waals surface area contributed by atoms with E-state index >= 15 is 0 Å². The number of hydrogen-bond donors (Lipinski definition) is 1. The highest BCUT2D eigenvalue weighted by Crippen LogP contribution is 2.41. The second-order valence-electron chi connectivity index (χ2n) is 9.40. The highest BCUT2D eigenvalue weighted by molar-refractivity contribution is 5.69. The average molecular weight is 405 g/mol. The zero-order chi connectivity index (χ0) is 20.6. The molecule has 0 spiro atoms. The van der Waals surface area contributed by atoms with Crippen LogP contribution in [0.1, 0.15) is 103 Å². The number of carboxylic acids is 1. The first-order chi connectivity index (χ1) is 13.3. The van der Waals surface area contributed by atoms with Crippen LogP contribution in [0.4, 0.5) is 13.2 Å². The molecule has 0 aliphatic heterocycles. The van der Waals surface area contributed by atoms with E-state index in [9.17, 15) is 18.0 Å². The van der Waals surface area contributed by atoms with Crippen LogP contribution in [0, 0.1) is 29.6 Å². The van der Waals surface area contributed by atoms with Gasteiger partial charge in [0.05, 0.1) is 11.8 Å². The summed E-state index contributed by atoms with van der Waals surface area (Å²) < 4.78 is 36.4. The van der Waals surface area contributed by atoms with Crippen molar-refractivity contribution in [2.45, 2.75) is 109 Å². The van der Waals surface area contributed by atoms with Crippen LogP contribution < -0.4 is 0 Å². The monoisotopic (exact) mass is 404 g/mol. The van der Waals surface area contributed by atoms with Crippen LogP contribution in [0.3, 0.4) is 0 Å². The second kappa shape index (κ2) is 11.4. The number of aliphatic carboxylic acids is 1. The maximum atomic E-state index is 12.1. The Hall–Kier alpha value is -0.740. The van der Waals surface area contributed by atoms with Gasteiger partial charge < -0.3 is 5.11 Å². The quantitative estimate of drug-likeness (QED) is 0.523. The Balaban J connectivity index is 0.000000203. The summed E-state index contributed by atoms with van der Waals surface area (Å²) in [5.74, 6) is 0.511. The summed E-state index contributed by atoms with van der Waals surface area (Å²) in [6.07, 6.45) is 12.9. The van der Waals surface area contributed by atoms with Crippen LogP contribution in [0.15, 0.2) is 0 Å². The van der Waals surface area contributed by atoms with E-state index in [4.69, 9.17) is 5.11 Å². The summed E-state index contributed by atoms with van der Waals surface area (Å²) in [7, 11) is 0. The number of alkyl halides is 3. The Bertz CT molecular complexity index is 441. The minimum Gasteiger partial charge on any atom is -0.481 e. The van der Waals surface area contributed by atoms with Gasteiger partial charge in [0.25, 0.3) is 0 Å². The summed E-state index contributed by atoms with van der Waals surface area (Å²) in [4.78, 5) is 10.4. The van der Waals surface area contributed by atoms with Crippen molar-refractivity contribution in [3.63, 3.8) is 0 Å². The lowest BCUT2D eigenvalue weighted by molar-refractivity contribution is -0.186. The molecule has 28 heavy (non-hydrogen) atoms. The smallest absolute Gasteiger partial charge is 0.391 e. The van der Waals surface area contributed by atoms with E-state index in [1.807, 2.05) is 0 Å². The molecular formula is C23H39F3O2. The number of hydrogen-bond acceptors (Lipinski definition) is 1. The summed E-state index contributed by atoms with van der Waals surface area (Å²) in [6, 6.07) is 0. The van der Waals surface area contributed by atoms with Crippen LogP contribution in [-0.4, -0.2) is 17.3 Å². The molecule has 3 fully saturated rings. The predicted octanol–water partition coefficient (Wildman–Crippen LogP) is 7.61. The molecule has 0 heterocycles. The lowest BCUT2D eigenvalue weighted by atomic mass is 9.70. The Morgan fingerprint density at radius 2 is 1.36 bits per heavy atom. The zero-order valence-electron chi connectivity index (χ0n) is 17.5. The van der Waals surface area contributed by atoms with Crippen molar-refractivity contribution in [2.24, 2.45) is 29.6 Å². The molecule has 0 aromatic carbocycles. The summed E-state index contributed by atoms with van der Waals surface area (Å²) in [5.41, 5.74) is 0. The lowest BCUT2D eigenvalue weighted by Crippen LogP contribution is -2.30. The minimum absolute atomic E-state index is 0.0412. The standard InChI is InChI=1S/C15H28.C8H11F3O2/c1-2-6-13-9-11-15(12-10-13)14-7-4-3-5-8-14;9-8(10,11)6-3-1-5(2-4-6)7(12)13/h13-15H,2-12H2,1H3;5-6H,1-4H2,(H,12,13)/t;5-,6-. The van der Waals surface area contributed by atoms with Gasteiger partial charge in [-0.1, -0.05) is 64.7 Å². The van der Waals surface area contributed by atoms with Crippen LogP contribution in [0.5, 0.6) is 0 Å². The van der Waals surface area contributed by atoms with E-state index in [2.05, 4.69) is 6.92 Å². The first-order valence-corrected chi connectivity index (χ1v) is 11.6. The van der Waals surface area contributed by atoms with Gasteiger partial charge in [0.15, 0.2) is 0 Å². The molecule has 1 N–H and O–H groups in total. The Morgan fingerprint density at radius 3 is 1.82 bits per heavy atom. The first kappa shape index (κ1) is 23.5. The first-order valence-electron chi connectivity index (χ1n) is 11.6. The molecule has 3 aliphatic carbocycles. The van der Waals surface area contributed by atoms with Crippen LogP contribution in [-0.2, 0) is 4.79 Å². The van der Waals surface area contributed by atoms with Crippen molar-refractivity contribution in [2.75, 3.05) is 0 Å². The van der Waals surface area contributed by atoms with Crippen molar-refractivity contribution in [1.82, 2.24) is 0 Å². The predicted molar refractivity (Wildman–Crippen MR) is 106 cm³/mol. The minimum atomic E-state index is -4.15. The molecule has 0 radical (unpaired) electrons. The van der Waals surface area contributed by atoms with E-state index in [1.54, 1.807) is 38.5 Å². The Kier molecular flexibility index (Phi) is 9.62. The van der Waals surface area contributed by atoms with Crippen LogP contribution in [0.2, 0.25) is 0 Å². The van der Waals surface area contributed by atoms with Crippen LogP contribution in [0.25, 0.3) is 0 Å². The third-order valence-corrected chi connectivity index (χ3v) is 7.44. The highest BCUT2D eigenvalue weighted by Gasteiger charge is 2.42. The summed E-state index contributed by atoms with van der Waals surface area (Å²) in [6.45, 7) is 2.34. The van der Waals surface area contributed by atoms with Gasteiger partial charge in [-0.15, -0.1) is 0 Å². The average Bonchev–Trinajstić information content (AvgIpc) is 2.69. The van der Waals surface area contributed by atoms with Gasteiger partial charge in [0.2, 0.25) is 0 Å². The second-order valence-corrected chi connectivity index (χ2v) is 9.40. The van der Waals surface area contributed by atoms with E-state index in [0.717, 1.165) is 17.8 Å². The Morgan fingerprint density at radius 1 is 0.821 bits per heavy atom. The molecule has 3 aliphatic rings. The third kappa shape index (κ3) is 7.59. The van der Waals surface area contributed by atoms with Gasteiger partial charge in [0, 0.05) is 0 Å². The fraction of sp³-hybridized carbons (Fsp3) is 0.957. The molecule has 0 saturated heterocycles. The summed E-state index contributed by atoms with van der Waals surface area (Å²) >= 11 is 0. The zero-order valence-corrected chi connectivity index (χ0v) is 17.5. The molecule has 0 bridgehead atoms. The van der Waals surface area contributed by atoms with E-state index in [0.29, 0.717) is 0 Å². The van der Waals surface area contributed by atoms with Crippen LogP contribution >= 0.6 is 0 Å². The number of carbonyl (C=O) groups is 1. The molecule has 2 nitrogen and oxygen atoms in total. The van der Waals surface area contributed by atoms with E-state index < -0.39 is 24.0 Å². The fourth-order valence-electron chi connectivity index (χ4n) is 5.63. The molecule has 0 atom stereocenters. The number of rotatable bonds is 4. The largest absolute Gasteiger partial charge is 0.481 e. The fourth-order valence-corrected chi connectivity index (χ4v) is 5.63. The molecule has 3 saturated carbocycles. The molecule has 0 aromatic heterocycles. The molecule has 5 heteroatoms. The third-order valence-electron chi connectivity index (χ3n) is 7.44. The summed E-state index contributed by atoms with van der Waals surface area (Å²) in [5, 5.41) is 8.55. The van der Waals surface area contributed by atoms with Crippen molar-refractivity contribution in [3.8, 4) is 0 Å². The van der Waals surface area contributed by atoms with Crippen molar-refractivity contribution in [1.29, 1.82) is 0 Å². The molecular weight excluding hydrogens is 365 g/mol. The van der Waals surface area contributed by atoms with Gasteiger partial charge in [0.1, 0.15) is 0 Å². The normalized spacial score (nSPS) is 32.3. The van der Waals surface area contributed by atoms with E-state index in [-0.39, 0.29) is 25.7 Å². The number of carboxylic acid groups (broad SMARTS) is 1. The Labute approximate surface area is 168 Å². The van der Waals surface area contributed by atoms with Gasteiger partial charge in [-0.3, -0.25) is 4.79 Å².